The van der Waals surface area contributed by atoms with Gasteiger partial charge in [0.2, 0.25) is 0 Å². The Bertz CT molecular complexity index is 887. The molecule has 0 aromatic rings. The van der Waals surface area contributed by atoms with Gasteiger partial charge in [0.1, 0.15) is 0 Å². The van der Waals surface area contributed by atoms with E-state index in [-0.39, 0.29) is 19.3 Å². The van der Waals surface area contributed by atoms with Gasteiger partial charge in [-0.2, -0.15) is 0 Å². The van der Waals surface area contributed by atoms with Crippen molar-refractivity contribution in [2.45, 2.75) is 335 Å². The van der Waals surface area contributed by atoms with E-state index in [1.165, 1.54) is 212 Å². The van der Waals surface area contributed by atoms with Gasteiger partial charge in [-0.05, 0) is 19.3 Å². The molecule has 372 valence electrons. The van der Waals surface area contributed by atoms with Crippen LogP contribution in [0.5, 0.6) is 0 Å². The second kappa shape index (κ2) is 49.9. The zero-order valence-electron chi connectivity index (χ0n) is 42.2. The summed E-state index contributed by atoms with van der Waals surface area (Å²) in [5, 5.41) is 0. The summed E-state index contributed by atoms with van der Waals surface area (Å²) in [4.78, 5) is 38.9. The number of esters is 3. The minimum atomic E-state index is -2.56. The van der Waals surface area contributed by atoms with Crippen LogP contribution in [0.25, 0.3) is 0 Å². The van der Waals surface area contributed by atoms with E-state index in [2.05, 4.69) is 20.8 Å². The predicted octanol–water partition coefficient (Wildman–Crippen LogP) is 19.3. The molecule has 0 fully saturated rings. The molecule has 63 heavy (non-hydrogen) atoms. The Labute approximate surface area is 392 Å². The van der Waals surface area contributed by atoms with Crippen molar-refractivity contribution in [2.24, 2.45) is 0 Å². The van der Waals surface area contributed by atoms with Crippen LogP contribution in [-0.4, -0.2) is 23.6 Å². The summed E-state index contributed by atoms with van der Waals surface area (Å²) >= 11 is 0. The largest absolute Gasteiger partial charge is 0.509 e. The fourth-order valence-electron chi connectivity index (χ4n) is 8.63. The lowest BCUT2D eigenvalue weighted by Crippen LogP contribution is -2.39. The van der Waals surface area contributed by atoms with E-state index in [9.17, 15) is 18.9 Å². The maximum Gasteiger partial charge on any atom is 0.509 e. The van der Waals surface area contributed by atoms with Crippen molar-refractivity contribution < 1.29 is 33.2 Å². The fraction of sp³-hybridized carbons (Fsp3) is 0.945. The molecule has 0 radical (unpaired) electrons. The lowest BCUT2D eigenvalue weighted by molar-refractivity contribution is -0.281. The van der Waals surface area contributed by atoms with Gasteiger partial charge in [0, 0.05) is 19.3 Å². The summed E-state index contributed by atoms with van der Waals surface area (Å²) in [6, 6.07) is 0. The second-order valence-electron chi connectivity index (χ2n) is 19.1. The van der Waals surface area contributed by atoms with Crippen LogP contribution in [0.15, 0.2) is 0 Å². The molecule has 8 heteroatoms. The Morgan fingerprint density at radius 1 is 0.270 bits per heavy atom. The minimum absolute atomic E-state index is 0.0860. The van der Waals surface area contributed by atoms with Gasteiger partial charge in [-0.25, -0.2) is 0 Å². The Kier molecular flexibility index (Phi) is 48.8. The van der Waals surface area contributed by atoms with Gasteiger partial charge < -0.3 is 14.2 Å². The maximum atomic E-state index is 13.0. The van der Waals surface area contributed by atoms with Gasteiger partial charge >= 0.3 is 32.1 Å². The standard InChI is InChI=1S/C55H105O7P/c1-4-7-10-13-16-19-22-25-28-31-34-37-40-43-46-49-52(56)60-55(63-59,61-53(57)50-47-44-41-38-35-32-29-26-23-20-17-14-11-8-5-2)62-54(58)51-48-45-42-39-36-33-30-27-24-21-18-15-12-9-6-3/h4-51H2,1-3H3. The highest BCUT2D eigenvalue weighted by Gasteiger charge is 2.45. The molecule has 0 amide bonds. The third-order valence-electron chi connectivity index (χ3n) is 12.8. The molecule has 0 aromatic carbocycles. The van der Waals surface area contributed by atoms with Crippen LogP contribution in [0.1, 0.15) is 329 Å². The Morgan fingerprint density at radius 3 is 0.556 bits per heavy atom. The topological polar surface area (TPSA) is 96.0 Å². The van der Waals surface area contributed by atoms with Crippen LogP contribution in [-0.2, 0) is 33.2 Å². The lowest BCUT2D eigenvalue weighted by Gasteiger charge is -2.25. The van der Waals surface area contributed by atoms with E-state index in [1.54, 1.807) is 0 Å². The molecule has 0 atom stereocenters. The van der Waals surface area contributed by atoms with Crippen molar-refractivity contribution in [1.29, 1.82) is 0 Å². The fourth-order valence-corrected chi connectivity index (χ4v) is 9.04. The first-order valence-electron chi connectivity index (χ1n) is 27.9. The smallest absolute Gasteiger partial charge is 0.379 e. The van der Waals surface area contributed by atoms with Crippen LogP contribution in [0, 0.1) is 0 Å². The number of rotatable bonds is 52. The number of carbonyl (C=O) groups is 3. The molecule has 0 aliphatic carbocycles. The van der Waals surface area contributed by atoms with Gasteiger partial charge in [0.05, 0.1) is 0 Å². The first-order chi connectivity index (χ1) is 30.9. The Balaban J connectivity index is 4.57. The molecule has 0 saturated carbocycles. The average Bonchev–Trinajstić information content (AvgIpc) is 3.27. The third-order valence-corrected chi connectivity index (χ3v) is 13.3. The van der Waals surface area contributed by atoms with Crippen LogP contribution in [0.2, 0.25) is 0 Å². The van der Waals surface area contributed by atoms with Gasteiger partial charge in [-0.15, -0.1) is 0 Å². The summed E-state index contributed by atoms with van der Waals surface area (Å²) in [5.74, 6) is -2.02. The van der Waals surface area contributed by atoms with Crippen molar-refractivity contribution in [3.63, 3.8) is 0 Å². The van der Waals surface area contributed by atoms with E-state index < -0.39 is 32.1 Å². The van der Waals surface area contributed by atoms with E-state index in [4.69, 9.17) is 14.2 Å². The highest BCUT2D eigenvalue weighted by atomic mass is 31.1. The van der Waals surface area contributed by atoms with E-state index in [0.29, 0.717) is 19.3 Å². The zero-order chi connectivity index (χ0) is 46.0. The van der Waals surface area contributed by atoms with Crippen molar-refractivity contribution in [1.82, 2.24) is 0 Å². The highest BCUT2D eigenvalue weighted by Crippen LogP contribution is 2.31. The molecule has 0 aromatic heterocycles. The minimum Gasteiger partial charge on any atom is -0.379 e. The Morgan fingerprint density at radius 2 is 0.413 bits per heavy atom. The summed E-state index contributed by atoms with van der Waals surface area (Å²) in [7, 11) is -0.878. The monoisotopic (exact) mass is 909 g/mol. The number of hydrogen-bond acceptors (Lipinski definition) is 7. The molecule has 0 rings (SSSR count). The summed E-state index contributed by atoms with van der Waals surface area (Å²) in [6.45, 7) is 6.79. The summed E-state index contributed by atoms with van der Waals surface area (Å²) in [5.41, 5.74) is -2.56. The molecule has 0 spiro atoms. The van der Waals surface area contributed by atoms with Crippen LogP contribution in [0.3, 0.4) is 0 Å². The zero-order valence-corrected chi connectivity index (χ0v) is 43.1. The van der Waals surface area contributed by atoms with Crippen molar-refractivity contribution >= 4 is 26.4 Å². The first kappa shape index (κ1) is 61.5. The van der Waals surface area contributed by atoms with Gasteiger partial charge in [0.15, 0.2) is 0 Å². The summed E-state index contributed by atoms with van der Waals surface area (Å²) in [6.07, 6.45) is 55.2. The quantitative estimate of drug-likeness (QED) is 0.0260. The molecule has 0 unspecified atom stereocenters. The van der Waals surface area contributed by atoms with E-state index in [0.717, 1.165) is 57.8 Å². The average molecular weight is 909 g/mol. The predicted molar refractivity (Wildman–Crippen MR) is 267 cm³/mol. The van der Waals surface area contributed by atoms with E-state index >= 15 is 0 Å². The van der Waals surface area contributed by atoms with Crippen molar-refractivity contribution in [2.75, 3.05) is 0 Å². The number of hydrogen-bond donors (Lipinski definition) is 0. The molecule has 7 nitrogen and oxygen atoms in total. The molecule has 0 N–H and O–H groups in total. The molecular weight excluding hydrogens is 804 g/mol. The van der Waals surface area contributed by atoms with Gasteiger partial charge in [-0.3, -0.25) is 18.9 Å². The van der Waals surface area contributed by atoms with E-state index in [1.807, 2.05) is 0 Å². The molecule has 0 heterocycles. The van der Waals surface area contributed by atoms with Crippen LogP contribution in [0.4, 0.5) is 0 Å². The molecule has 0 aliphatic heterocycles. The van der Waals surface area contributed by atoms with Gasteiger partial charge in [0.25, 0.3) is 0 Å². The van der Waals surface area contributed by atoms with Crippen molar-refractivity contribution in [3.05, 3.63) is 0 Å². The molecule has 0 aliphatic rings. The highest BCUT2D eigenvalue weighted by molar-refractivity contribution is 7.25. The van der Waals surface area contributed by atoms with Crippen molar-refractivity contribution in [3.8, 4) is 0 Å². The van der Waals surface area contributed by atoms with Gasteiger partial charge in [-0.1, -0.05) is 290 Å². The molecule has 0 saturated heterocycles. The SMILES string of the molecule is CCCCCCCCCCCCCCCCCC(=O)OC(OC(=O)CCCCCCCCCCCCCCCCC)(OC(=O)CCCCCCCCCCCCCCCCC)P=O. The number of unbranched alkanes of at least 4 members (excludes halogenated alkanes) is 42. The third kappa shape index (κ3) is 45.5. The van der Waals surface area contributed by atoms with Crippen LogP contribution >= 0.6 is 8.46 Å². The molecule has 0 bridgehead atoms. The van der Waals surface area contributed by atoms with Crippen LogP contribution < -0.4 is 0 Å². The normalized spacial score (nSPS) is 11.7. The molecular formula is C55H105O7P. The first-order valence-corrected chi connectivity index (χ1v) is 28.7. The summed E-state index contributed by atoms with van der Waals surface area (Å²) < 4.78 is 28.9. The second-order valence-corrected chi connectivity index (χ2v) is 19.9. The maximum absolute atomic E-state index is 13.0. The number of ether oxygens (including phenoxy) is 3. The lowest BCUT2D eigenvalue weighted by atomic mass is 10.0. The Hall–Kier alpha value is -1.49. The number of carbonyl (C=O) groups excluding carboxylic acids is 3.